The molecule has 1 aliphatic rings. The molecule has 0 saturated carbocycles. The van der Waals surface area contributed by atoms with E-state index in [1.54, 1.807) is 42.3 Å². The molecule has 0 bridgehead atoms. The molecule has 1 aliphatic heterocycles. The first kappa shape index (κ1) is 19.0. The van der Waals surface area contributed by atoms with E-state index in [4.69, 9.17) is 21.1 Å². The number of amides is 2. The second-order valence-corrected chi connectivity index (χ2v) is 6.52. The first-order chi connectivity index (χ1) is 13.1. The third-order valence-corrected chi connectivity index (χ3v) is 4.55. The minimum atomic E-state index is -0.189. The van der Waals surface area contributed by atoms with Gasteiger partial charge in [-0.05, 0) is 36.8 Å². The Labute approximate surface area is 163 Å². The summed E-state index contributed by atoms with van der Waals surface area (Å²) in [5.41, 5.74) is 1.26. The Kier molecular flexibility index (Phi) is 6.19. The lowest BCUT2D eigenvalue weighted by atomic mass is 10.2. The number of halogens is 1. The number of ether oxygens (including phenoxy) is 2. The minimum Gasteiger partial charge on any atom is -0.493 e. The van der Waals surface area contributed by atoms with Crippen molar-refractivity contribution in [3.05, 3.63) is 47.5 Å². The smallest absolute Gasteiger partial charge is 0.227 e. The van der Waals surface area contributed by atoms with E-state index in [0.29, 0.717) is 40.9 Å². The molecule has 1 saturated heterocycles. The topological polar surface area (TPSA) is 67.9 Å². The highest BCUT2D eigenvalue weighted by Crippen LogP contribution is 2.31. The predicted molar refractivity (Wildman–Crippen MR) is 105 cm³/mol. The molecule has 7 heteroatoms. The van der Waals surface area contributed by atoms with E-state index in [-0.39, 0.29) is 24.8 Å². The van der Waals surface area contributed by atoms with E-state index in [2.05, 4.69) is 5.32 Å². The zero-order valence-electron chi connectivity index (χ0n) is 15.0. The van der Waals surface area contributed by atoms with E-state index in [9.17, 15) is 9.59 Å². The Morgan fingerprint density at radius 2 is 2.00 bits per heavy atom. The fourth-order valence-corrected chi connectivity index (χ4v) is 3.20. The van der Waals surface area contributed by atoms with Crippen LogP contribution in [0.15, 0.2) is 42.5 Å². The number of hydrogen-bond acceptors (Lipinski definition) is 4. The maximum Gasteiger partial charge on any atom is 0.227 e. The van der Waals surface area contributed by atoms with Crippen molar-refractivity contribution in [1.29, 1.82) is 0 Å². The van der Waals surface area contributed by atoms with Crippen LogP contribution in [-0.4, -0.2) is 32.1 Å². The largest absolute Gasteiger partial charge is 0.493 e. The quantitative estimate of drug-likeness (QED) is 0.781. The number of carbonyl (C=O) groups is 2. The summed E-state index contributed by atoms with van der Waals surface area (Å²) in [5.74, 6) is 1.10. The van der Waals surface area contributed by atoms with Crippen molar-refractivity contribution in [2.45, 2.75) is 19.3 Å². The van der Waals surface area contributed by atoms with E-state index >= 15 is 0 Å². The van der Waals surface area contributed by atoms with Crippen molar-refractivity contribution >= 4 is 34.8 Å². The summed E-state index contributed by atoms with van der Waals surface area (Å²) >= 11 is 6.29. The van der Waals surface area contributed by atoms with Gasteiger partial charge in [-0.2, -0.15) is 0 Å². The van der Waals surface area contributed by atoms with Gasteiger partial charge in [0.2, 0.25) is 11.8 Å². The van der Waals surface area contributed by atoms with Crippen LogP contribution in [0, 0.1) is 0 Å². The second-order valence-electron chi connectivity index (χ2n) is 6.11. The molecule has 2 aromatic rings. The fourth-order valence-electron chi connectivity index (χ4n) is 2.92. The summed E-state index contributed by atoms with van der Waals surface area (Å²) in [6.07, 6.45) is 1.56. The summed E-state index contributed by atoms with van der Waals surface area (Å²) < 4.78 is 10.8. The van der Waals surface area contributed by atoms with E-state index < -0.39 is 0 Å². The zero-order valence-corrected chi connectivity index (χ0v) is 15.8. The fraction of sp³-hybridized carbons (Fsp3) is 0.300. The van der Waals surface area contributed by atoms with E-state index in [0.717, 1.165) is 6.42 Å². The summed E-state index contributed by atoms with van der Waals surface area (Å²) in [6, 6.07) is 12.4. The SMILES string of the molecule is COc1ccccc1OCCC(=O)Nc1ccc(N2CCCC2=O)c(Cl)c1. The molecule has 6 nitrogen and oxygen atoms in total. The number of para-hydroxylation sites is 2. The van der Waals surface area contributed by atoms with E-state index in [1.165, 1.54) is 0 Å². The molecular formula is C20H21ClN2O4. The van der Waals surface area contributed by atoms with Crippen LogP contribution < -0.4 is 19.7 Å². The van der Waals surface area contributed by atoms with Crippen LogP contribution >= 0.6 is 11.6 Å². The van der Waals surface area contributed by atoms with Gasteiger partial charge in [0.15, 0.2) is 11.5 Å². The molecule has 0 atom stereocenters. The lowest BCUT2D eigenvalue weighted by molar-refractivity contribution is -0.117. The number of hydrogen-bond donors (Lipinski definition) is 1. The van der Waals surface area contributed by atoms with E-state index in [1.807, 2.05) is 12.1 Å². The van der Waals surface area contributed by atoms with Crippen LogP contribution in [-0.2, 0) is 9.59 Å². The van der Waals surface area contributed by atoms with Crippen molar-refractivity contribution in [2.24, 2.45) is 0 Å². The van der Waals surface area contributed by atoms with Gasteiger partial charge in [-0.3, -0.25) is 9.59 Å². The average molecular weight is 389 g/mol. The lowest BCUT2D eigenvalue weighted by Gasteiger charge is -2.18. The number of nitrogens with one attached hydrogen (secondary N) is 1. The minimum absolute atomic E-state index is 0.0715. The Hall–Kier alpha value is -2.73. The molecule has 2 amide bonds. The van der Waals surface area contributed by atoms with Crippen LogP contribution in [0.1, 0.15) is 19.3 Å². The molecule has 0 unspecified atom stereocenters. The maximum atomic E-state index is 12.1. The molecular weight excluding hydrogens is 368 g/mol. The zero-order chi connectivity index (χ0) is 19.2. The van der Waals surface area contributed by atoms with Crippen molar-refractivity contribution < 1.29 is 19.1 Å². The Morgan fingerprint density at radius 3 is 2.67 bits per heavy atom. The number of methoxy groups -OCH3 is 1. The van der Waals surface area contributed by atoms with Gasteiger partial charge in [0.05, 0.1) is 30.8 Å². The monoisotopic (exact) mass is 388 g/mol. The van der Waals surface area contributed by atoms with Gasteiger partial charge in [0.25, 0.3) is 0 Å². The number of nitrogens with zero attached hydrogens (tertiary/aromatic N) is 1. The first-order valence-electron chi connectivity index (χ1n) is 8.74. The summed E-state index contributed by atoms with van der Waals surface area (Å²) in [6.45, 7) is 0.894. The summed E-state index contributed by atoms with van der Waals surface area (Å²) in [4.78, 5) is 25.7. The number of carbonyl (C=O) groups excluding carboxylic acids is 2. The van der Waals surface area contributed by atoms with Gasteiger partial charge in [-0.15, -0.1) is 0 Å². The molecule has 0 radical (unpaired) electrons. The summed E-state index contributed by atoms with van der Waals surface area (Å²) in [7, 11) is 1.57. The van der Waals surface area contributed by atoms with Gasteiger partial charge < -0.3 is 19.7 Å². The van der Waals surface area contributed by atoms with Gasteiger partial charge >= 0.3 is 0 Å². The van der Waals surface area contributed by atoms with Crippen LogP contribution in [0.25, 0.3) is 0 Å². The molecule has 1 N–H and O–H groups in total. The molecule has 142 valence electrons. The number of rotatable bonds is 7. The maximum absolute atomic E-state index is 12.1. The van der Waals surface area contributed by atoms with Crippen LogP contribution in [0.4, 0.5) is 11.4 Å². The second kappa shape index (κ2) is 8.77. The van der Waals surface area contributed by atoms with Gasteiger partial charge in [0, 0.05) is 18.7 Å². The molecule has 0 aliphatic carbocycles. The molecule has 3 rings (SSSR count). The van der Waals surface area contributed by atoms with Gasteiger partial charge in [0.1, 0.15) is 0 Å². The van der Waals surface area contributed by atoms with Gasteiger partial charge in [-0.25, -0.2) is 0 Å². The lowest BCUT2D eigenvalue weighted by Crippen LogP contribution is -2.24. The average Bonchev–Trinajstić information content (AvgIpc) is 3.08. The first-order valence-corrected chi connectivity index (χ1v) is 9.12. The molecule has 1 heterocycles. The van der Waals surface area contributed by atoms with Crippen LogP contribution in [0.2, 0.25) is 5.02 Å². The van der Waals surface area contributed by atoms with Crippen LogP contribution in [0.3, 0.4) is 0 Å². The van der Waals surface area contributed by atoms with Crippen molar-refractivity contribution in [3.63, 3.8) is 0 Å². The van der Waals surface area contributed by atoms with Crippen LogP contribution in [0.5, 0.6) is 11.5 Å². The Bertz CT molecular complexity index is 840. The highest BCUT2D eigenvalue weighted by molar-refractivity contribution is 6.34. The third-order valence-electron chi connectivity index (χ3n) is 4.25. The number of anilines is 2. The highest BCUT2D eigenvalue weighted by atomic mass is 35.5. The van der Waals surface area contributed by atoms with Crippen molar-refractivity contribution in [3.8, 4) is 11.5 Å². The molecule has 2 aromatic carbocycles. The predicted octanol–water partition coefficient (Wildman–Crippen LogP) is 3.88. The molecule has 1 fully saturated rings. The molecule has 0 spiro atoms. The summed E-state index contributed by atoms with van der Waals surface area (Å²) in [5, 5.41) is 3.23. The Balaban J connectivity index is 1.53. The normalized spacial score (nSPS) is 13.6. The highest BCUT2D eigenvalue weighted by Gasteiger charge is 2.23. The third kappa shape index (κ3) is 4.71. The standard InChI is InChI=1S/C20H21ClN2O4/c1-26-17-5-2-3-6-18(17)27-12-10-19(24)22-14-8-9-16(15(21)13-14)23-11-4-7-20(23)25/h2-3,5-6,8-9,13H,4,7,10-12H2,1H3,(H,22,24). The van der Waals surface area contributed by atoms with Gasteiger partial charge in [-0.1, -0.05) is 23.7 Å². The van der Waals surface area contributed by atoms with Crippen molar-refractivity contribution in [2.75, 3.05) is 30.5 Å². The molecule has 0 aromatic heterocycles. The van der Waals surface area contributed by atoms with Crippen molar-refractivity contribution in [1.82, 2.24) is 0 Å². The number of benzene rings is 2. The molecule has 27 heavy (non-hydrogen) atoms. The Morgan fingerprint density at radius 1 is 1.22 bits per heavy atom.